The molecule has 0 amide bonds. The second kappa shape index (κ2) is 5.76. The van der Waals surface area contributed by atoms with Crippen molar-refractivity contribution in [2.75, 3.05) is 32.9 Å². The van der Waals surface area contributed by atoms with Gasteiger partial charge in [-0.25, -0.2) is 8.78 Å². The summed E-state index contributed by atoms with van der Waals surface area (Å²) in [5, 5.41) is 3.51. The lowest BCUT2D eigenvalue weighted by molar-refractivity contribution is 0.147. The molecule has 0 aliphatic carbocycles. The van der Waals surface area contributed by atoms with E-state index in [9.17, 15) is 8.78 Å². The smallest absolute Gasteiger partial charge is 0.124 e. The SMILES string of the molecule is FC[C@H](c1ccc(F)cc1Cl)N1CCNCC1. The first kappa shape index (κ1) is 12.7. The zero-order chi connectivity index (χ0) is 12.3. The number of benzene rings is 1. The van der Waals surface area contributed by atoms with Crippen LogP contribution in [-0.2, 0) is 0 Å². The summed E-state index contributed by atoms with van der Waals surface area (Å²) in [5.74, 6) is -0.392. The molecule has 0 spiro atoms. The van der Waals surface area contributed by atoms with Crippen molar-refractivity contribution < 1.29 is 8.78 Å². The lowest BCUT2D eigenvalue weighted by Crippen LogP contribution is -2.45. The molecule has 0 bridgehead atoms. The fraction of sp³-hybridized carbons (Fsp3) is 0.500. The topological polar surface area (TPSA) is 15.3 Å². The number of halogens is 3. The Hall–Kier alpha value is -0.710. The zero-order valence-corrected chi connectivity index (χ0v) is 10.2. The first-order valence-electron chi connectivity index (χ1n) is 5.68. The molecule has 1 aromatic rings. The van der Waals surface area contributed by atoms with Gasteiger partial charge in [0.25, 0.3) is 0 Å². The average molecular weight is 261 g/mol. The first-order valence-corrected chi connectivity index (χ1v) is 6.06. The Morgan fingerprint density at radius 1 is 1.35 bits per heavy atom. The third-order valence-corrected chi connectivity index (χ3v) is 3.39. The predicted octanol–water partition coefficient (Wildman–Crippen LogP) is 2.39. The summed E-state index contributed by atoms with van der Waals surface area (Å²) in [6, 6.07) is 3.77. The fourth-order valence-corrected chi connectivity index (χ4v) is 2.44. The van der Waals surface area contributed by atoms with Gasteiger partial charge in [0.15, 0.2) is 0 Å². The Morgan fingerprint density at radius 3 is 2.65 bits per heavy atom. The second-order valence-electron chi connectivity index (χ2n) is 4.12. The summed E-state index contributed by atoms with van der Waals surface area (Å²) in [5.41, 5.74) is 0.664. The van der Waals surface area contributed by atoms with Crippen LogP contribution in [0, 0.1) is 5.82 Å². The van der Waals surface area contributed by atoms with Gasteiger partial charge in [0, 0.05) is 31.2 Å². The Morgan fingerprint density at radius 2 is 2.06 bits per heavy atom. The van der Waals surface area contributed by atoms with Crippen molar-refractivity contribution in [2.24, 2.45) is 0 Å². The number of piperazine rings is 1. The van der Waals surface area contributed by atoms with Gasteiger partial charge in [0.2, 0.25) is 0 Å². The van der Waals surface area contributed by atoms with Crippen molar-refractivity contribution in [3.8, 4) is 0 Å². The fourth-order valence-electron chi connectivity index (χ4n) is 2.14. The van der Waals surface area contributed by atoms with Crippen molar-refractivity contribution in [3.63, 3.8) is 0 Å². The van der Waals surface area contributed by atoms with Crippen molar-refractivity contribution >= 4 is 11.6 Å². The maximum atomic E-state index is 13.2. The van der Waals surface area contributed by atoms with Crippen LogP contribution >= 0.6 is 11.6 Å². The molecule has 1 heterocycles. The van der Waals surface area contributed by atoms with Crippen molar-refractivity contribution in [1.82, 2.24) is 10.2 Å². The van der Waals surface area contributed by atoms with E-state index >= 15 is 0 Å². The minimum atomic E-state index is -0.509. The quantitative estimate of drug-likeness (QED) is 0.898. The third-order valence-electron chi connectivity index (χ3n) is 3.06. The molecule has 1 N–H and O–H groups in total. The maximum Gasteiger partial charge on any atom is 0.124 e. The van der Waals surface area contributed by atoms with Gasteiger partial charge in [-0.2, -0.15) is 0 Å². The van der Waals surface area contributed by atoms with Gasteiger partial charge in [-0.05, 0) is 17.7 Å². The molecule has 17 heavy (non-hydrogen) atoms. The summed E-state index contributed by atoms with van der Waals surface area (Å²) in [6.07, 6.45) is 0. The molecule has 0 aromatic heterocycles. The van der Waals surface area contributed by atoms with Gasteiger partial charge in [-0.3, -0.25) is 4.90 Å². The summed E-state index contributed by atoms with van der Waals surface area (Å²) in [7, 11) is 0. The van der Waals surface area contributed by atoms with Crippen LogP contribution in [0.25, 0.3) is 0 Å². The highest BCUT2D eigenvalue weighted by molar-refractivity contribution is 6.31. The Kier molecular flexibility index (Phi) is 4.31. The van der Waals surface area contributed by atoms with Gasteiger partial charge >= 0.3 is 0 Å². The summed E-state index contributed by atoms with van der Waals surface area (Å²) in [6.45, 7) is 2.74. The summed E-state index contributed by atoms with van der Waals surface area (Å²) >= 11 is 5.97. The minimum absolute atomic E-state index is 0.297. The highest BCUT2D eigenvalue weighted by Crippen LogP contribution is 2.28. The van der Waals surface area contributed by atoms with Crippen LogP contribution in [-0.4, -0.2) is 37.8 Å². The van der Waals surface area contributed by atoms with Crippen LogP contribution in [0.15, 0.2) is 18.2 Å². The van der Waals surface area contributed by atoms with E-state index in [0.717, 1.165) is 26.2 Å². The molecular weight excluding hydrogens is 246 g/mol. The van der Waals surface area contributed by atoms with Gasteiger partial charge in [-0.15, -0.1) is 0 Å². The lowest BCUT2D eigenvalue weighted by Gasteiger charge is -2.34. The predicted molar refractivity (Wildman–Crippen MR) is 64.6 cm³/mol. The van der Waals surface area contributed by atoms with E-state index in [1.54, 1.807) is 6.07 Å². The van der Waals surface area contributed by atoms with Crippen LogP contribution < -0.4 is 5.32 Å². The largest absolute Gasteiger partial charge is 0.314 e. The molecule has 1 aliphatic heterocycles. The molecule has 2 rings (SSSR count). The molecule has 0 radical (unpaired) electrons. The molecule has 1 fully saturated rings. The standard InChI is InChI=1S/C12H15ClF2N2/c13-11-7-9(15)1-2-10(11)12(8-14)17-5-3-16-4-6-17/h1-2,7,12,16H,3-6,8H2/t12-/m1/s1. The van der Waals surface area contributed by atoms with E-state index in [0.29, 0.717) is 10.6 Å². The highest BCUT2D eigenvalue weighted by atomic mass is 35.5. The number of hydrogen-bond acceptors (Lipinski definition) is 2. The average Bonchev–Trinajstić information content (AvgIpc) is 2.34. The lowest BCUT2D eigenvalue weighted by atomic mass is 10.1. The van der Waals surface area contributed by atoms with Crippen molar-refractivity contribution in [2.45, 2.75) is 6.04 Å². The monoisotopic (exact) mass is 260 g/mol. The summed E-state index contributed by atoms with van der Waals surface area (Å²) in [4.78, 5) is 2.04. The van der Waals surface area contributed by atoms with Crippen molar-refractivity contribution in [1.29, 1.82) is 0 Å². The normalized spacial score (nSPS) is 19.2. The molecule has 94 valence electrons. The van der Waals surface area contributed by atoms with Crippen LogP contribution in [0.3, 0.4) is 0 Å². The number of hydrogen-bond donors (Lipinski definition) is 1. The zero-order valence-electron chi connectivity index (χ0n) is 9.43. The number of alkyl halides is 1. The van der Waals surface area contributed by atoms with Crippen LogP contribution in [0.4, 0.5) is 8.78 Å². The van der Waals surface area contributed by atoms with E-state index < -0.39 is 12.5 Å². The van der Waals surface area contributed by atoms with E-state index in [1.165, 1.54) is 12.1 Å². The van der Waals surface area contributed by atoms with Crippen molar-refractivity contribution in [3.05, 3.63) is 34.6 Å². The second-order valence-corrected chi connectivity index (χ2v) is 4.53. The Balaban J connectivity index is 2.21. The molecule has 1 aromatic carbocycles. The molecule has 0 unspecified atom stereocenters. The van der Waals surface area contributed by atoms with Crippen LogP contribution in [0.5, 0.6) is 0 Å². The van der Waals surface area contributed by atoms with Gasteiger partial charge in [0.05, 0.1) is 6.04 Å². The van der Waals surface area contributed by atoms with Gasteiger partial charge in [0.1, 0.15) is 12.5 Å². The minimum Gasteiger partial charge on any atom is -0.314 e. The highest BCUT2D eigenvalue weighted by Gasteiger charge is 2.23. The molecule has 0 saturated carbocycles. The van der Waals surface area contributed by atoms with E-state index in [4.69, 9.17) is 11.6 Å². The number of nitrogens with one attached hydrogen (secondary N) is 1. The molecular formula is C12H15ClF2N2. The molecule has 1 saturated heterocycles. The molecule has 1 aliphatic rings. The Labute approximate surface area is 105 Å². The van der Waals surface area contributed by atoms with Gasteiger partial charge in [-0.1, -0.05) is 17.7 Å². The van der Waals surface area contributed by atoms with E-state index in [2.05, 4.69) is 5.32 Å². The third kappa shape index (κ3) is 2.94. The maximum absolute atomic E-state index is 13.2. The number of nitrogens with zero attached hydrogens (tertiary/aromatic N) is 1. The van der Waals surface area contributed by atoms with Gasteiger partial charge < -0.3 is 5.32 Å². The van der Waals surface area contributed by atoms with Crippen LogP contribution in [0.1, 0.15) is 11.6 Å². The molecule has 2 nitrogen and oxygen atoms in total. The molecule has 1 atom stereocenters. The molecule has 5 heteroatoms. The van der Waals surface area contributed by atoms with Crippen LogP contribution in [0.2, 0.25) is 5.02 Å². The Bertz CT molecular complexity index is 381. The number of rotatable bonds is 3. The van der Waals surface area contributed by atoms with E-state index in [1.807, 2.05) is 4.90 Å². The first-order chi connectivity index (χ1) is 8.22. The summed E-state index contributed by atoms with van der Waals surface area (Å²) < 4.78 is 26.1. The van der Waals surface area contributed by atoms with E-state index in [-0.39, 0.29) is 6.04 Å².